The Labute approximate surface area is 256 Å². The van der Waals surface area contributed by atoms with Crippen LogP contribution in [0.15, 0.2) is 41.4 Å². The molecule has 1 amide bonds. The van der Waals surface area contributed by atoms with Crippen molar-refractivity contribution in [3.8, 4) is 11.5 Å². The first-order valence-corrected chi connectivity index (χ1v) is 13.8. The third-order valence-electron chi connectivity index (χ3n) is 7.56. The van der Waals surface area contributed by atoms with Crippen molar-refractivity contribution in [3.05, 3.63) is 58.7 Å². The van der Waals surface area contributed by atoms with Crippen molar-refractivity contribution in [1.29, 1.82) is 0 Å². The molecule has 0 radical (unpaired) electrons. The number of nitrogens with zero attached hydrogens (tertiary/aromatic N) is 3. The molecule has 0 N–H and O–H groups in total. The van der Waals surface area contributed by atoms with Crippen LogP contribution < -0.4 is 9.47 Å². The van der Waals surface area contributed by atoms with Gasteiger partial charge in [-0.2, -0.15) is 0 Å². The number of ether oxygens (including phenoxy) is 3. The fourth-order valence-corrected chi connectivity index (χ4v) is 5.73. The van der Waals surface area contributed by atoms with Gasteiger partial charge in [0.15, 0.2) is 11.5 Å². The molecule has 2 aliphatic heterocycles. The molecule has 2 aromatic carbocycles. The molecule has 1 saturated heterocycles. The van der Waals surface area contributed by atoms with Gasteiger partial charge in [-0.25, -0.2) is 0 Å². The van der Waals surface area contributed by atoms with Crippen LogP contribution in [0, 0.1) is 0 Å². The van der Waals surface area contributed by atoms with Gasteiger partial charge in [0.25, 0.3) is 5.91 Å². The number of aliphatic imine (C=N–C) groups is 1. The molecule has 10 heteroatoms. The van der Waals surface area contributed by atoms with Crippen LogP contribution in [0.3, 0.4) is 0 Å². The van der Waals surface area contributed by atoms with Crippen LogP contribution in [0.25, 0.3) is 0 Å². The van der Waals surface area contributed by atoms with Gasteiger partial charge in [0.1, 0.15) is 6.61 Å². The van der Waals surface area contributed by atoms with Gasteiger partial charge in [-0.3, -0.25) is 14.6 Å². The first-order chi connectivity index (χ1) is 18.6. The molecule has 3 atom stereocenters. The van der Waals surface area contributed by atoms with Crippen molar-refractivity contribution in [2.75, 3.05) is 40.5 Å². The monoisotopic (exact) mass is 607 g/mol. The van der Waals surface area contributed by atoms with E-state index in [2.05, 4.69) is 18.0 Å². The van der Waals surface area contributed by atoms with E-state index in [0.29, 0.717) is 17.9 Å². The van der Waals surface area contributed by atoms with Gasteiger partial charge in [-0.05, 0) is 77.5 Å². The number of carbonyl (C=O) groups is 2. The fourth-order valence-electron chi connectivity index (χ4n) is 5.73. The number of carbonyl (C=O) groups excluding carboxylic acids is 2. The lowest BCUT2D eigenvalue weighted by atomic mass is 9.79. The molecule has 8 nitrogen and oxygen atoms in total. The van der Waals surface area contributed by atoms with E-state index in [1.807, 2.05) is 58.0 Å². The zero-order valence-corrected chi connectivity index (χ0v) is 26.6. The molecule has 0 bridgehead atoms. The largest absolute Gasteiger partial charge is 0.493 e. The number of esters is 1. The zero-order chi connectivity index (χ0) is 28.3. The summed E-state index contributed by atoms with van der Waals surface area (Å²) >= 11 is 0. The Balaban J connectivity index is 0.00000294. The second kappa shape index (κ2) is 14.9. The normalized spacial score (nSPS) is 18.5. The van der Waals surface area contributed by atoms with Crippen LogP contribution >= 0.6 is 24.8 Å². The highest BCUT2D eigenvalue weighted by Crippen LogP contribution is 2.42. The quantitative estimate of drug-likeness (QED) is 0.356. The molecule has 0 saturated carbocycles. The maximum absolute atomic E-state index is 13.5. The Morgan fingerprint density at radius 1 is 1.10 bits per heavy atom. The van der Waals surface area contributed by atoms with Crippen molar-refractivity contribution in [3.63, 3.8) is 0 Å². The van der Waals surface area contributed by atoms with E-state index in [4.69, 9.17) is 19.2 Å². The third kappa shape index (κ3) is 7.53. The average molecular weight is 609 g/mol. The molecule has 0 unspecified atom stereocenters. The molecule has 0 spiro atoms. The Morgan fingerprint density at radius 2 is 1.78 bits per heavy atom. The van der Waals surface area contributed by atoms with E-state index in [1.165, 1.54) is 12.5 Å². The van der Waals surface area contributed by atoms with Crippen LogP contribution in [-0.2, 0) is 9.53 Å². The Kier molecular flexibility index (Phi) is 12.5. The van der Waals surface area contributed by atoms with Crippen LogP contribution in [0.5, 0.6) is 11.5 Å². The van der Waals surface area contributed by atoms with Gasteiger partial charge < -0.3 is 24.0 Å². The van der Waals surface area contributed by atoms with Crippen LogP contribution in [0.2, 0.25) is 0 Å². The Morgan fingerprint density at radius 3 is 2.37 bits per heavy atom. The fraction of sp³-hybridized carbons (Fsp3) is 0.516. The predicted molar refractivity (Wildman–Crippen MR) is 167 cm³/mol. The van der Waals surface area contributed by atoms with Crippen LogP contribution in [0.4, 0.5) is 0 Å². The summed E-state index contributed by atoms with van der Waals surface area (Å²) in [5.41, 5.74) is 4.73. The van der Waals surface area contributed by atoms with E-state index in [0.717, 1.165) is 42.1 Å². The number of likely N-dealkylation sites (tertiary alicyclic amines) is 1. The maximum Gasteiger partial charge on any atom is 0.302 e. The predicted octanol–water partition coefficient (Wildman–Crippen LogP) is 5.38. The molecular weight excluding hydrogens is 565 g/mol. The standard InChI is InChI=1S/C31H41N3O5.2ClH/c1-8-38-29-15-24-25(16-28(29)37-7)30(32-27-13-14-33(6)17-26(24)27)22-9-11-23(12-10-22)31(36)34(19(2)3)20(4)18-39-21(5)35;;/h9-12,15-16,19-20,26-27H,8,13-14,17-18H2,1-7H3;2*1H/t20-,26+,27+;;/m0../s1. The van der Waals surface area contributed by atoms with Crippen molar-refractivity contribution in [2.45, 2.75) is 65.1 Å². The minimum Gasteiger partial charge on any atom is -0.493 e. The lowest BCUT2D eigenvalue weighted by Crippen LogP contribution is -2.45. The SMILES string of the molecule is CCOc1cc2c(cc1OC)C(c1ccc(C(=O)N(C(C)C)[C@@H](C)COC(C)=O)cc1)=N[C@@H]1CCN(C)C[C@H]21.Cl.Cl. The van der Waals surface area contributed by atoms with Crippen LogP contribution in [0.1, 0.15) is 74.0 Å². The lowest BCUT2D eigenvalue weighted by molar-refractivity contribution is -0.142. The van der Waals surface area contributed by atoms with E-state index in [-0.39, 0.29) is 67.3 Å². The minimum absolute atomic E-state index is 0. The van der Waals surface area contributed by atoms with E-state index < -0.39 is 0 Å². The lowest BCUT2D eigenvalue weighted by Gasteiger charge is -2.39. The maximum atomic E-state index is 13.5. The topological polar surface area (TPSA) is 80.7 Å². The number of amides is 1. The molecule has 2 heterocycles. The summed E-state index contributed by atoms with van der Waals surface area (Å²) in [5.74, 6) is 1.27. The first-order valence-electron chi connectivity index (χ1n) is 13.8. The van der Waals surface area contributed by atoms with Crippen LogP contribution in [-0.4, -0.2) is 86.0 Å². The summed E-state index contributed by atoms with van der Waals surface area (Å²) in [7, 11) is 3.82. The molecular formula is C31H43Cl2N3O5. The number of benzene rings is 2. The van der Waals surface area contributed by atoms with E-state index >= 15 is 0 Å². The van der Waals surface area contributed by atoms with E-state index in [9.17, 15) is 9.59 Å². The zero-order valence-electron chi connectivity index (χ0n) is 25.0. The third-order valence-corrected chi connectivity index (χ3v) is 7.56. The second-order valence-electron chi connectivity index (χ2n) is 10.8. The number of rotatable bonds is 9. The average Bonchev–Trinajstić information content (AvgIpc) is 2.91. The first kappa shape index (κ1) is 34.4. The highest BCUT2D eigenvalue weighted by Gasteiger charge is 2.36. The summed E-state index contributed by atoms with van der Waals surface area (Å²) < 4.78 is 16.8. The number of methoxy groups -OCH3 is 1. The van der Waals surface area contributed by atoms with Gasteiger partial charge in [-0.1, -0.05) is 12.1 Å². The highest BCUT2D eigenvalue weighted by atomic mass is 35.5. The molecule has 4 rings (SSSR count). The molecule has 2 aromatic rings. The number of halogens is 2. The van der Waals surface area contributed by atoms with Gasteiger partial charge in [-0.15, -0.1) is 24.8 Å². The smallest absolute Gasteiger partial charge is 0.302 e. The number of fused-ring (bicyclic) bond motifs is 3. The van der Waals surface area contributed by atoms with Gasteiger partial charge >= 0.3 is 5.97 Å². The summed E-state index contributed by atoms with van der Waals surface area (Å²) in [4.78, 5) is 34.2. The molecule has 226 valence electrons. The minimum atomic E-state index is -0.354. The Hall–Kier alpha value is -2.81. The highest BCUT2D eigenvalue weighted by molar-refractivity contribution is 6.15. The van der Waals surface area contributed by atoms with Gasteiger partial charge in [0.2, 0.25) is 0 Å². The van der Waals surface area contributed by atoms with Crippen molar-refractivity contribution in [1.82, 2.24) is 9.80 Å². The van der Waals surface area contributed by atoms with Gasteiger partial charge in [0.05, 0.1) is 31.5 Å². The summed E-state index contributed by atoms with van der Waals surface area (Å²) in [6, 6.07) is 11.7. The van der Waals surface area contributed by atoms with Crippen molar-refractivity contribution < 1.29 is 23.8 Å². The second-order valence-corrected chi connectivity index (χ2v) is 10.8. The molecule has 1 fully saturated rings. The molecule has 41 heavy (non-hydrogen) atoms. The molecule has 0 aliphatic carbocycles. The number of hydrogen-bond acceptors (Lipinski definition) is 7. The van der Waals surface area contributed by atoms with E-state index in [1.54, 1.807) is 12.0 Å². The summed E-state index contributed by atoms with van der Waals surface area (Å²) in [5, 5.41) is 0. The number of hydrogen-bond donors (Lipinski definition) is 0. The summed E-state index contributed by atoms with van der Waals surface area (Å²) in [6.07, 6.45) is 0.986. The van der Waals surface area contributed by atoms with Crippen molar-refractivity contribution in [2.24, 2.45) is 4.99 Å². The Bertz CT molecular complexity index is 1240. The van der Waals surface area contributed by atoms with Gasteiger partial charge in [0, 0.05) is 42.1 Å². The molecule has 2 aliphatic rings. The molecule has 0 aromatic heterocycles. The van der Waals surface area contributed by atoms with Crippen molar-refractivity contribution >= 4 is 42.4 Å². The summed E-state index contributed by atoms with van der Waals surface area (Å²) in [6.45, 7) is 11.8. The number of piperidine rings is 1. The number of likely N-dealkylation sites (N-methyl/N-ethyl adjacent to an activating group) is 1.